The van der Waals surface area contributed by atoms with Crippen molar-refractivity contribution in [2.24, 2.45) is 0 Å². The zero-order valence-corrected chi connectivity index (χ0v) is 26.4. The van der Waals surface area contributed by atoms with Gasteiger partial charge in [0, 0.05) is 99.6 Å². The van der Waals surface area contributed by atoms with E-state index in [1.807, 2.05) is 24.3 Å². The number of nitrogens with zero attached hydrogens (tertiary/aromatic N) is 6. The van der Waals surface area contributed by atoms with Crippen molar-refractivity contribution in [2.75, 3.05) is 126 Å². The van der Waals surface area contributed by atoms with Gasteiger partial charge in [0.05, 0.1) is 50.5 Å². The molecule has 2 aliphatic heterocycles. The Hall–Kier alpha value is -3.48. The molecule has 4 N–H and O–H groups in total. The molecule has 3 aromatic rings. The van der Waals surface area contributed by atoms with E-state index in [1.54, 1.807) is 0 Å². The van der Waals surface area contributed by atoms with Gasteiger partial charge in [-0.15, -0.1) is 0 Å². The zero-order chi connectivity index (χ0) is 30.8. The predicted molar refractivity (Wildman–Crippen MR) is 182 cm³/mol. The number of aromatic nitrogens is 2. The van der Waals surface area contributed by atoms with Crippen LogP contribution in [0.5, 0.6) is 0 Å². The Labute approximate surface area is 266 Å². The SMILES string of the molecule is Nc1cc(N2CCN(CCOCCOCCOCCN3CCN(c4cc(N)nc5ccccc45)CC3)CC2)c2c(n1)=CCCC=2. The fourth-order valence-corrected chi connectivity index (χ4v) is 6.45. The van der Waals surface area contributed by atoms with Crippen molar-refractivity contribution in [3.63, 3.8) is 0 Å². The van der Waals surface area contributed by atoms with E-state index in [0.717, 1.165) is 101 Å². The van der Waals surface area contributed by atoms with Gasteiger partial charge in [0.15, 0.2) is 0 Å². The van der Waals surface area contributed by atoms with Crippen LogP contribution in [0, 0.1) is 0 Å². The van der Waals surface area contributed by atoms with Gasteiger partial charge in [0.25, 0.3) is 0 Å². The molecule has 1 aromatic carbocycles. The highest BCUT2D eigenvalue weighted by molar-refractivity contribution is 5.93. The van der Waals surface area contributed by atoms with Gasteiger partial charge < -0.3 is 35.5 Å². The number of ether oxygens (including phenoxy) is 3. The van der Waals surface area contributed by atoms with E-state index >= 15 is 0 Å². The minimum absolute atomic E-state index is 0.572. The van der Waals surface area contributed by atoms with Crippen LogP contribution in [-0.2, 0) is 14.2 Å². The zero-order valence-electron chi connectivity index (χ0n) is 26.4. The van der Waals surface area contributed by atoms with E-state index in [4.69, 9.17) is 25.7 Å². The molecule has 2 aromatic heterocycles. The average molecular weight is 617 g/mol. The highest BCUT2D eigenvalue weighted by Crippen LogP contribution is 2.28. The van der Waals surface area contributed by atoms with Crippen molar-refractivity contribution >= 4 is 46.1 Å². The topological polar surface area (TPSA) is 118 Å². The number of piperazine rings is 2. The van der Waals surface area contributed by atoms with Crippen LogP contribution in [0.15, 0.2) is 36.4 Å². The van der Waals surface area contributed by atoms with E-state index in [-0.39, 0.29) is 0 Å². The molecule has 0 bridgehead atoms. The van der Waals surface area contributed by atoms with Crippen molar-refractivity contribution < 1.29 is 14.2 Å². The van der Waals surface area contributed by atoms with E-state index in [9.17, 15) is 0 Å². The Kier molecular flexibility index (Phi) is 11.0. The Morgan fingerprint density at radius 1 is 0.600 bits per heavy atom. The maximum Gasteiger partial charge on any atom is 0.126 e. The standard InChI is InChI=1S/C34H48N8O3/c35-33-25-31(27-5-1-3-7-29(27)37-33)41-13-9-39(10-14-41)17-19-43-21-23-45-24-22-44-20-18-40-11-15-42(16-12-40)32-26-34(36)38-30-8-4-2-6-28(30)32/h1,3,5-8,25-26H,2,4,9-24H2,(H2,35,37)(H2,36,38). The first-order valence-electron chi connectivity index (χ1n) is 16.4. The van der Waals surface area contributed by atoms with Crippen LogP contribution in [0.4, 0.5) is 23.0 Å². The van der Waals surface area contributed by atoms with Crippen LogP contribution in [-0.4, -0.2) is 125 Å². The normalized spacial score (nSPS) is 17.7. The quantitative estimate of drug-likeness (QED) is 0.254. The molecule has 0 unspecified atom stereocenters. The van der Waals surface area contributed by atoms with Gasteiger partial charge in [0.2, 0.25) is 0 Å². The average Bonchev–Trinajstić information content (AvgIpc) is 3.07. The lowest BCUT2D eigenvalue weighted by molar-refractivity contribution is 0.00677. The maximum absolute atomic E-state index is 6.10. The van der Waals surface area contributed by atoms with E-state index < -0.39 is 0 Å². The van der Waals surface area contributed by atoms with E-state index in [2.05, 4.69) is 53.9 Å². The number of benzene rings is 1. The van der Waals surface area contributed by atoms with Crippen LogP contribution >= 0.6 is 0 Å². The summed E-state index contributed by atoms with van der Waals surface area (Å²) >= 11 is 0. The van der Waals surface area contributed by atoms with Crippen molar-refractivity contribution in [3.8, 4) is 0 Å². The first-order chi connectivity index (χ1) is 22.1. The van der Waals surface area contributed by atoms with Crippen molar-refractivity contribution in [3.05, 3.63) is 47.0 Å². The molecular formula is C34H48N8O3. The first kappa shape index (κ1) is 31.5. The van der Waals surface area contributed by atoms with Crippen molar-refractivity contribution in [1.29, 1.82) is 0 Å². The molecule has 2 fully saturated rings. The molecule has 4 heterocycles. The third-order valence-corrected chi connectivity index (χ3v) is 8.93. The fourth-order valence-electron chi connectivity index (χ4n) is 6.45. The molecule has 2 saturated heterocycles. The number of rotatable bonds is 14. The molecule has 3 aliphatic rings. The summed E-state index contributed by atoms with van der Waals surface area (Å²) in [6.45, 7) is 13.7. The maximum atomic E-state index is 6.10. The molecule has 0 radical (unpaired) electrons. The highest BCUT2D eigenvalue weighted by atomic mass is 16.5. The monoisotopic (exact) mass is 616 g/mol. The molecule has 0 amide bonds. The summed E-state index contributed by atoms with van der Waals surface area (Å²) in [6, 6.07) is 12.2. The van der Waals surface area contributed by atoms with Crippen LogP contribution in [0.25, 0.3) is 23.1 Å². The van der Waals surface area contributed by atoms with Crippen LogP contribution in [0.2, 0.25) is 0 Å². The van der Waals surface area contributed by atoms with Crippen LogP contribution in [0.1, 0.15) is 12.8 Å². The lowest BCUT2D eigenvalue weighted by atomic mass is 10.1. The first-order valence-corrected chi connectivity index (χ1v) is 16.4. The van der Waals surface area contributed by atoms with E-state index in [1.165, 1.54) is 16.6 Å². The van der Waals surface area contributed by atoms with Gasteiger partial charge in [-0.2, -0.15) is 0 Å². The Bertz CT molecular complexity index is 1520. The molecule has 0 spiro atoms. The second kappa shape index (κ2) is 15.7. The van der Waals surface area contributed by atoms with Crippen LogP contribution in [0.3, 0.4) is 0 Å². The Morgan fingerprint density at radius 3 is 1.80 bits per heavy atom. The summed E-state index contributed by atoms with van der Waals surface area (Å²) in [5, 5.41) is 3.44. The molecule has 242 valence electrons. The van der Waals surface area contributed by atoms with Gasteiger partial charge in [-0.25, -0.2) is 9.97 Å². The van der Waals surface area contributed by atoms with Gasteiger partial charge in [-0.3, -0.25) is 9.80 Å². The minimum atomic E-state index is 0.572. The molecule has 11 nitrogen and oxygen atoms in total. The number of para-hydroxylation sites is 1. The van der Waals surface area contributed by atoms with Crippen molar-refractivity contribution in [2.45, 2.75) is 12.8 Å². The number of pyridine rings is 2. The second-order valence-electron chi connectivity index (χ2n) is 11.9. The number of hydrogen-bond acceptors (Lipinski definition) is 11. The molecule has 0 saturated carbocycles. The molecule has 0 atom stereocenters. The highest BCUT2D eigenvalue weighted by Gasteiger charge is 2.20. The molecule has 1 aliphatic carbocycles. The number of fused-ring (bicyclic) bond motifs is 2. The predicted octanol–water partition coefficient (Wildman–Crippen LogP) is 1.14. The lowest BCUT2D eigenvalue weighted by Crippen LogP contribution is -2.50. The largest absolute Gasteiger partial charge is 0.384 e. The third kappa shape index (κ3) is 8.42. The molecule has 6 rings (SSSR count). The third-order valence-electron chi connectivity index (χ3n) is 8.93. The Morgan fingerprint density at radius 2 is 1.13 bits per heavy atom. The number of hydrogen-bond donors (Lipinski definition) is 2. The summed E-state index contributed by atoms with van der Waals surface area (Å²) < 4.78 is 17.4. The summed E-state index contributed by atoms with van der Waals surface area (Å²) in [5.41, 5.74) is 15.5. The number of anilines is 4. The summed E-state index contributed by atoms with van der Waals surface area (Å²) in [5.74, 6) is 1.18. The van der Waals surface area contributed by atoms with Crippen LogP contribution < -0.4 is 31.8 Å². The number of nitrogen functional groups attached to an aromatic ring is 2. The number of nitrogens with two attached hydrogens (primary N) is 2. The smallest absolute Gasteiger partial charge is 0.126 e. The molecule has 45 heavy (non-hydrogen) atoms. The van der Waals surface area contributed by atoms with E-state index in [0.29, 0.717) is 44.7 Å². The molecule has 11 heteroatoms. The summed E-state index contributed by atoms with van der Waals surface area (Å²) in [4.78, 5) is 18.8. The summed E-state index contributed by atoms with van der Waals surface area (Å²) in [6.07, 6.45) is 6.62. The van der Waals surface area contributed by atoms with Crippen molar-refractivity contribution in [1.82, 2.24) is 19.8 Å². The molecular weight excluding hydrogens is 568 g/mol. The minimum Gasteiger partial charge on any atom is -0.384 e. The summed E-state index contributed by atoms with van der Waals surface area (Å²) in [7, 11) is 0. The second-order valence-corrected chi connectivity index (χ2v) is 11.9. The lowest BCUT2D eigenvalue weighted by Gasteiger charge is -2.36. The van der Waals surface area contributed by atoms with Gasteiger partial charge >= 0.3 is 0 Å². The van der Waals surface area contributed by atoms with Gasteiger partial charge in [-0.05, 0) is 18.9 Å². The fraction of sp³-hybridized carbons (Fsp3) is 0.529. The van der Waals surface area contributed by atoms with Gasteiger partial charge in [-0.1, -0.05) is 30.4 Å². The van der Waals surface area contributed by atoms with Gasteiger partial charge in [0.1, 0.15) is 11.6 Å². The Balaban J connectivity index is 0.774.